The fourth-order valence-electron chi connectivity index (χ4n) is 2.25. The summed E-state index contributed by atoms with van der Waals surface area (Å²) in [6.07, 6.45) is 1.77. The Balaban J connectivity index is 1.77. The van der Waals surface area contributed by atoms with Gasteiger partial charge in [0.25, 0.3) is 0 Å². The number of nitrogens with zero attached hydrogens (tertiary/aromatic N) is 2. The molecule has 3 rings (SSSR count). The Morgan fingerprint density at radius 2 is 2.00 bits per heavy atom. The summed E-state index contributed by atoms with van der Waals surface area (Å²) in [6, 6.07) is 7.47. The summed E-state index contributed by atoms with van der Waals surface area (Å²) < 4.78 is 26.6. The summed E-state index contributed by atoms with van der Waals surface area (Å²) in [4.78, 5) is 19.8. The minimum Gasteiger partial charge on any atom is -0.480 e. The van der Waals surface area contributed by atoms with E-state index in [-0.39, 0.29) is 6.42 Å². The van der Waals surface area contributed by atoms with Crippen LogP contribution in [0, 0.1) is 11.6 Å². The van der Waals surface area contributed by atoms with Crippen molar-refractivity contribution in [1.29, 1.82) is 0 Å². The number of pyridine rings is 1. The zero-order valence-electron chi connectivity index (χ0n) is 12.8. The molecule has 0 spiro atoms. The van der Waals surface area contributed by atoms with Crippen LogP contribution >= 0.6 is 11.3 Å². The van der Waals surface area contributed by atoms with E-state index < -0.39 is 23.6 Å². The number of carbonyl (C=O) groups is 1. The first-order valence-electron chi connectivity index (χ1n) is 7.32. The molecule has 0 amide bonds. The van der Waals surface area contributed by atoms with Crippen LogP contribution in [0.3, 0.4) is 0 Å². The maximum atomic E-state index is 13.3. The van der Waals surface area contributed by atoms with Crippen molar-refractivity contribution in [2.75, 3.05) is 5.32 Å². The van der Waals surface area contributed by atoms with E-state index in [2.05, 4.69) is 15.3 Å². The fraction of sp³-hybridized carbons (Fsp3) is 0.118. The van der Waals surface area contributed by atoms with Gasteiger partial charge in [0.05, 0.1) is 5.69 Å². The molecule has 1 aromatic carbocycles. The highest BCUT2D eigenvalue weighted by molar-refractivity contribution is 7.14. The van der Waals surface area contributed by atoms with Gasteiger partial charge >= 0.3 is 5.97 Å². The highest BCUT2D eigenvalue weighted by Crippen LogP contribution is 2.26. The Morgan fingerprint density at radius 1 is 1.24 bits per heavy atom. The molecule has 0 bridgehead atoms. The lowest BCUT2D eigenvalue weighted by atomic mass is 10.1. The van der Waals surface area contributed by atoms with Gasteiger partial charge in [-0.2, -0.15) is 0 Å². The number of hydrogen-bond acceptors (Lipinski definition) is 5. The summed E-state index contributed by atoms with van der Waals surface area (Å²) in [7, 11) is 0. The number of anilines is 1. The van der Waals surface area contributed by atoms with Crippen LogP contribution in [0.4, 0.5) is 13.9 Å². The van der Waals surface area contributed by atoms with E-state index in [1.165, 1.54) is 12.1 Å². The van der Waals surface area contributed by atoms with Crippen LogP contribution in [-0.4, -0.2) is 27.1 Å². The highest BCUT2D eigenvalue weighted by Gasteiger charge is 2.20. The van der Waals surface area contributed by atoms with Crippen molar-refractivity contribution in [3.05, 3.63) is 65.3 Å². The molecule has 0 unspecified atom stereocenters. The van der Waals surface area contributed by atoms with E-state index in [1.807, 2.05) is 0 Å². The topological polar surface area (TPSA) is 75.1 Å². The molecule has 1 atom stereocenters. The van der Waals surface area contributed by atoms with E-state index in [9.17, 15) is 18.7 Å². The number of nitrogens with one attached hydrogen (secondary N) is 1. The third-order valence-corrected chi connectivity index (χ3v) is 4.17. The SMILES string of the molecule is O=C(O)[C@@H](Cc1ccccn1)Nc1nc(-c2cc(F)cc(F)c2)cs1. The second kappa shape index (κ2) is 7.35. The van der Waals surface area contributed by atoms with Gasteiger partial charge in [-0.1, -0.05) is 6.07 Å². The first-order valence-corrected chi connectivity index (χ1v) is 8.20. The van der Waals surface area contributed by atoms with Crippen LogP contribution in [0.1, 0.15) is 5.69 Å². The van der Waals surface area contributed by atoms with E-state index in [0.717, 1.165) is 17.4 Å². The predicted molar refractivity (Wildman–Crippen MR) is 90.5 cm³/mol. The molecule has 0 aliphatic heterocycles. The average Bonchev–Trinajstić information content (AvgIpc) is 3.03. The van der Waals surface area contributed by atoms with Gasteiger partial charge in [0, 0.05) is 35.3 Å². The van der Waals surface area contributed by atoms with E-state index in [4.69, 9.17) is 0 Å². The molecular weight excluding hydrogens is 348 g/mol. The third-order valence-electron chi connectivity index (χ3n) is 3.40. The molecule has 2 heterocycles. The second-order valence-electron chi connectivity index (χ2n) is 5.26. The van der Waals surface area contributed by atoms with Crippen molar-refractivity contribution < 1.29 is 18.7 Å². The van der Waals surface area contributed by atoms with E-state index in [1.54, 1.807) is 29.8 Å². The maximum Gasteiger partial charge on any atom is 0.326 e. The van der Waals surface area contributed by atoms with Gasteiger partial charge in [-0.15, -0.1) is 11.3 Å². The lowest BCUT2D eigenvalue weighted by Crippen LogP contribution is -2.31. The van der Waals surface area contributed by atoms with Gasteiger partial charge in [-0.05, 0) is 24.3 Å². The van der Waals surface area contributed by atoms with E-state index in [0.29, 0.717) is 22.1 Å². The number of thiazole rings is 1. The summed E-state index contributed by atoms with van der Waals surface area (Å²) in [5.74, 6) is -2.44. The summed E-state index contributed by atoms with van der Waals surface area (Å²) in [5, 5.41) is 14.2. The monoisotopic (exact) mass is 361 g/mol. The van der Waals surface area contributed by atoms with Crippen molar-refractivity contribution in [1.82, 2.24) is 9.97 Å². The molecule has 0 saturated heterocycles. The van der Waals surface area contributed by atoms with Crippen molar-refractivity contribution in [2.45, 2.75) is 12.5 Å². The van der Waals surface area contributed by atoms with Crippen LogP contribution < -0.4 is 5.32 Å². The van der Waals surface area contributed by atoms with Gasteiger partial charge in [0.15, 0.2) is 5.13 Å². The molecule has 128 valence electrons. The Bertz CT molecular complexity index is 866. The number of halogens is 2. The van der Waals surface area contributed by atoms with Crippen LogP contribution in [0.25, 0.3) is 11.3 Å². The Kier molecular flexibility index (Phi) is 4.99. The minimum absolute atomic E-state index is 0.180. The first-order chi connectivity index (χ1) is 12.0. The fourth-order valence-corrected chi connectivity index (χ4v) is 3.02. The molecule has 2 aromatic heterocycles. The molecule has 25 heavy (non-hydrogen) atoms. The number of aromatic nitrogens is 2. The maximum absolute atomic E-state index is 13.3. The molecule has 0 radical (unpaired) electrons. The number of rotatable bonds is 6. The Hall–Kier alpha value is -2.87. The summed E-state index contributed by atoms with van der Waals surface area (Å²) in [6.45, 7) is 0. The van der Waals surface area contributed by atoms with Crippen LogP contribution in [-0.2, 0) is 11.2 Å². The minimum atomic E-state index is -1.04. The van der Waals surface area contributed by atoms with Crippen molar-refractivity contribution in [2.24, 2.45) is 0 Å². The first kappa shape index (κ1) is 17.0. The molecular formula is C17H13F2N3O2S. The smallest absolute Gasteiger partial charge is 0.326 e. The van der Waals surface area contributed by atoms with Crippen molar-refractivity contribution in [3.8, 4) is 11.3 Å². The quantitative estimate of drug-likeness (QED) is 0.702. The zero-order valence-corrected chi connectivity index (χ0v) is 13.6. The molecule has 0 fully saturated rings. The van der Waals surface area contributed by atoms with Crippen molar-refractivity contribution >= 4 is 22.4 Å². The summed E-state index contributed by atoms with van der Waals surface area (Å²) in [5.41, 5.74) is 1.29. The van der Waals surface area contributed by atoms with Gasteiger partial charge in [0.2, 0.25) is 0 Å². The molecule has 8 heteroatoms. The van der Waals surface area contributed by atoms with Gasteiger partial charge in [0.1, 0.15) is 17.7 Å². The number of aliphatic carboxylic acids is 1. The number of benzene rings is 1. The van der Waals surface area contributed by atoms with Crippen LogP contribution in [0.2, 0.25) is 0 Å². The van der Waals surface area contributed by atoms with Gasteiger partial charge in [-0.25, -0.2) is 18.6 Å². The number of carboxylic acid groups (broad SMARTS) is 1. The van der Waals surface area contributed by atoms with Crippen LogP contribution in [0.15, 0.2) is 48.0 Å². The molecule has 0 aliphatic carbocycles. The second-order valence-corrected chi connectivity index (χ2v) is 6.11. The Labute approximate surface area is 146 Å². The normalized spacial score (nSPS) is 11.9. The van der Waals surface area contributed by atoms with Crippen molar-refractivity contribution in [3.63, 3.8) is 0 Å². The standard InChI is InChI=1S/C17H13F2N3O2S/c18-11-5-10(6-12(19)7-11)15-9-25-17(22-15)21-14(16(23)24)8-13-3-1-2-4-20-13/h1-7,9,14H,8H2,(H,21,22)(H,23,24)/t14-/m1/s1. The lowest BCUT2D eigenvalue weighted by Gasteiger charge is -2.13. The number of carboxylic acids is 1. The number of hydrogen-bond donors (Lipinski definition) is 2. The Morgan fingerprint density at radius 3 is 2.64 bits per heavy atom. The van der Waals surface area contributed by atoms with Crippen LogP contribution in [0.5, 0.6) is 0 Å². The molecule has 2 N–H and O–H groups in total. The summed E-state index contributed by atoms with van der Waals surface area (Å²) >= 11 is 1.16. The predicted octanol–water partition coefficient (Wildman–Crippen LogP) is 3.59. The van der Waals surface area contributed by atoms with Gasteiger partial charge in [-0.3, -0.25) is 4.98 Å². The lowest BCUT2D eigenvalue weighted by molar-refractivity contribution is -0.137. The average molecular weight is 361 g/mol. The molecule has 5 nitrogen and oxygen atoms in total. The highest BCUT2D eigenvalue weighted by atomic mass is 32.1. The van der Waals surface area contributed by atoms with E-state index >= 15 is 0 Å². The zero-order chi connectivity index (χ0) is 17.8. The molecule has 0 aliphatic rings. The van der Waals surface area contributed by atoms with Gasteiger partial charge < -0.3 is 10.4 Å². The molecule has 3 aromatic rings. The largest absolute Gasteiger partial charge is 0.480 e. The molecule has 0 saturated carbocycles. The third kappa shape index (κ3) is 4.36.